The lowest BCUT2D eigenvalue weighted by atomic mass is 9.96. The van der Waals surface area contributed by atoms with Gasteiger partial charge in [0.25, 0.3) is 5.91 Å². The number of hydrogen-bond acceptors (Lipinski definition) is 3. The number of fused-ring (bicyclic) bond motifs is 1. The van der Waals surface area contributed by atoms with Crippen molar-refractivity contribution in [3.05, 3.63) is 29.3 Å². The average molecular weight is 287 g/mol. The van der Waals surface area contributed by atoms with Crippen molar-refractivity contribution in [2.45, 2.75) is 44.7 Å². The Labute approximate surface area is 124 Å². The van der Waals surface area contributed by atoms with Gasteiger partial charge in [0.05, 0.1) is 0 Å². The van der Waals surface area contributed by atoms with Crippen molar-refractivity contribution < 1.29 is 9.59 Å². The zero-order valence-electron chi connectivity index (χ0n) is 12.3. The van der Waals surface area contributed by atoms with Crippen molar-refractivity contribution >= 4 is 17.5 Å². The molecule has 21 heavy (non-hydrogen) atoms. The molecule has 1 aromatic rings. The van der Waals surface area contributed by atoms with E-state index in [9.17, 15) is 9.59 Å². The molecule has 0 saturated carbocycles. The topological polar surface area (TPSA) is 75.4 Å². The monoisotopic (exact) mass is 287 g/mol. The first-order valence-corrected chi connectivity index (χ1v) is 7.54. The van der Waals surface area contributed by atoms with Crippen LogP contribution in [0.15, 0.2) is 18.2 Å². The van der Waals surface area contributed by atoms with Crippen LogP contribution in [0.3, 0.4) is 0 Å². The number of nitrogens with one attached hydrogen (secondary N) is 1. The van der Waals surface area contributed by atoms with Crippen molar-refractivity contribution in [2.24, 2.45) is 5.73 Å². The number of benzene rings is 1. The van der Waals surface area contributed by atoms with Crippen LogP contribution in [-0.2, 0) is 11.2 Å². The Bertz CT molecular complexity index is 585. The van der Waals surface area contributed by atoms with Gasteiger partial charge >= 0.3 is 0 Å². The summed E-state index contributed by atoms with van der Waals surface area (Å²) in [6, 6.07) is 5.92. The number of nitrogens with two attached hydrogens (primary N) is 1. The minimum Gasteiger partial charge on any atom is -0.336 e. The van der Waals surface area contributed by atoms with Gasteiger partial charge in [-0.1, -0.05) is 0 Å². The number of carbonyl (C=O) groups is 2. The fraction of sp³-hybridized carbons (Fsp3) is 0.500. The maximum absolute atomic E-state index is 12.7. The molecular weight excluding hydrogens is 266 g/mol. The molecule has 0 bridgehead atoms. The third kappa shape index (κ3) is 2.78. The Kier molecular flexibility index (Phi) is 3.68. The van der Waals surface area contributed by atoms with E-state index in [0.29, 0.717) is 18.4 Å². The standard InChI is InChI=1S/C16H21N3O2/c1-10-8-13(17)6-7-19(10)16(21)12-2-4-14-11(9-12)3-5-15(20)18-14/h2,4,9-10,13H,3,5-8,17H2,1H3,(H,18,20)/t10-,13-/m0/s1. The Hall–Kier alpha value is -1.88. The zero-order chi connectivity index (χ0) is 15.0. The molecule has 3 N–H and O–H groups in total. The fourth-order valence-electron chi connectivity index (χ4n) is 3.19. The van der Waals surface area contributed by atoms with Crippen LogP contribution in [0.5, 0.6) is 0 Å². The van der Waals surface area contributed by atoms with Crippen molar-refractivity contribution in [3.8, 4) is 0 Å². The van der Waals surface area contributed by atoms with Gasteiger partial charge in [-0.2, -0.15) is 0 Å². The number of carbonyl (C=O) groups excluding carboxylic acids is 2. The van der Waals surface area contributed by atoms with Crippen LogP contribution in [0.1, 0.15) is 42.1 Å². The largest absolute Gasteiger partial charge is 0.336 e. The third-order valence-electron chi connectivity index (χ3n) is 4.43. The summed E-state index contributed by atoms with van der Waals surface area (Å²) in [6.45, 7) is 2.77. The van der Waals surface area contributed by atoms with E-state index < -0.39 is 0 Å². The van der Waals surface area contributed by atoms with Crippen LogP contribution >= 0.6 is 0 Å². The molecule has 0 aliphatic carbocycles. The van der Waals surface area contributed by atoms with Crippen LogP contribution in [0.2, 0.25) is 0 Å². The summed E-state index contributed by atoms with van der Waals surface area (Å²) in [5, 5.41) is 2.84. The van der Waals surface area contributed by atoms with Crippen LogP contribution in [0.4, 0.5) is 5.69 Å². The first kappa shape index (κ1) is 14.1. The van der Waals surface area contributed by atoms with Gasteiger partial charge in [0.1, 0.15) is 0 Å². The molecule has 5 nitrogen and oxygen atoms in total. The number of likely N-dealkylation sites (tertiary alicyclic amines) is 1. The van der Waals surface area contributed by atoms with Gasteiger partial charge in [0, 0.05) is 36.3 Å². The molecule has 1 aromatic carbocycles. The third-order valence-corrected chi connectivity index (χ3v) is 4.43. The van der Waals surface area contributed by atoms with Gasteiger partial charge in [-0.3, -0.25) is 9.59 Å². The number of hydrogen-bond donors (Lipinski definition) is 2. The average Bonchev–Trinajstić information content (AvgIpc) is 2.46. The maximum Gasteiger partial charge on any atom is 0.254 e. The van der Waals surface area contributed by atoms with Crippen molar-refractivity contribution in [3.63, 3.8) is 0 Å². The van der Waals surface area contributed by atoms with E-state index in [2.05, 4.69) is 12.2 Å². The summed E-state index contributed by atoms with van der Waals surface area (Å²) >= 11 is 0. The molecule has 2 heterocycles. The molecule has 0 radical (unpaired) electrons. The number of piperidine rings is 1. The molecule has 2 aliphatic heterocycles. The second-order valence-electron chi connectivity index (χ2n) is 6.05. The normalized spacial score (nSPS) is 25.2. The molecule has 0 aromatic heterocycles. The molecule has 1 saturated heterocycles. The van der Waals surface area contributed by atoms with Gasteiger partial charge < -0.3 is 16.0 Å². The Morgan fingerprint density at radius 3 is 2.95 bits per heavy atom. The molecular formula is C16H21N3O2. The SMILES string of the molecule is C[C@H]1C[C@@H](N)CCN1C(=O)c1ccc2c(c1)CCC(=O)N2. The number of aryl methyl sites for hydroxylation is 1. The van der Waals surface area contributed by atoms with E-state index in [1.54, 1.807) is 6.07 Å². The van der Waals surface area contributed by atoms with Crippen LogP contribution < -0.4 is 11.1 Å². The zero-order valence-corrected chi connectivity index (χ0v) is 12.3. The first-order valence-electron chi connectivity index (χ1n) is 7.54. The first-order chi connectivity index (χ1) is 10.0. The number of anilines is 1. The lowest BCUT2D eigenvalue weighted by Gasteiger charge is -2.36. The van der Waals surface area contributed by atoms with Crippen LogP contribution in [0, 0.1) is 0 Å². The maximum atomic E-state index is 12.7. The van der Waals surface area contributed by atoms with Crippen molar-refractivity contribution in [1.82, 2.24) is 4.90 Å². The molecule has 1 fully saturated rings. The predicted molar refractivity (Wildman–Crippen MR) is 81.1 cm³/mol. The molecule has 2 atom stereocenters. The highest BCUT2D eigenvalue weighted by atomic mass is 16.2. The second-order valence-corrected chi connectivity index (χ2v) is 6.05. The molecule has 0 unspecified atom stereocenters. The minimum absolute atomic E-state index is 0.0419. The predicted octanol–water partition coefficient (Wildman–Crippen LogP) is 1.52. The highest BCUT2D eigenvalue weighted by molar-refractivity contribution is 5.98. The summed E-state index contributed by atoms with van der Waals surface area (Å²) in [4.78, 5) is 25.9. The number of rotatable bonds is 1. The van der Waals surface area contributed by atoms with E-state index in [-0.39, 0.29) is 23.9 Å². The van der Waals surface area contributed by atoms with Gasteiger partial charge in [0.2, 0.25) is 5.91 Å². The van der Waals surface area contributed by atoms with Crippen molar-refractivity contribution in [2.75, 3.05) is 11.9 Å². The number of nitrogens with zero attached hydrogens (tertiary/aromatic N) is 1. The van der Waals surface area contributed by atoms with Gasteiger partial charge in [-0.15, -0.1) is 0 Å². The summed E-state index contributed by atoms with van der Waals surface area (Å²) in [5.41, 5.74) is 8.53. The summed E-state index contributed by atoms with van der Waals surface area (Å²) in [6.07, 6.45) is 2.89. The molecule has 5 heteroatoms. The Morgan fingerprint density at radius 2 is 2.19 bits per heavy atom. The highest BCUT2D eigenvalue weighted by Crippen LogP contribution is 2.25. The van der Waals surface area contributed by atoms with Gasteiger partial charge in [0.15, 0.2) is 0 Å². The molecule has 2 amide bonds. The van der Waals surface area contributed by atoms with E-state index >= 15 is 0 Å². The number of amides is 2. The van der Waals surface area contributed by atoms with E-state index in [1.165, 1.54) is 0 Å². The summed E-state index contributed by atoms with van der Waals surface area (Å²) in [5.74, 6) is 0.106. The van der Waals surface area contributed by atoms with E-state index in [0.717, 1.165) is 30.6 Å². The lowest BCUT2D eigenvalue weighted by Crippen LogP contribution is -2.48. The fourth-order valence-corrected chi connectivity index (χ4v) is 3.19. The molecule has 2 aliphatic rings. The smallest absolute Gasteiger partial charge is 0.254 e. The van der Waals surface area contributed by atoms with E-state index in [4.69, 9.17) is 5.73 Å². The minimum atomic E-state index is 0.0419. The quantitative estimate of drug-likeness (QED) is 0.822. The van der Waals surface area contributed by atoms with Gasteiger partial charge in [-0.05, 0) is 49.9 Å². The summed E-state index contributed by atoms with van der Waals surface area (Å²) < 4.78 is 0. The van der Waals surface area contributed by atoms with Crippen LogP contribution in [0.25, 0.3) is 0 Å². The van der Waals surface area contributed by atoms with Crippen molar-refractivity contribution in [1.29, 1.82) is 0 Å². The van der Waals surface area contributed by atoms with Crippen LogP contribution in [-0.4, -0.2) is 35.3 Å². The molecule has 112 valence electrons. The highest BCUT2D eigenvalue weighted by Gasteiger charge is 2.28. The Morgan fingerprint density at radius 1 is 1.38 bits per heavy atom. The Balaban J connectivity index is 1.80. The van der Waals surface area contributed by atoms with Gasteiger partial charge in [-0.25, -0.2) is 0 Å². The second kappa shape index (κ2) is 5.48. The molecule has 0 spiro atoms. The lowest BCUT2D eigenvalue weighted by molar-refractivity contribution is -0.116. The van der Waals surface area contributed by atoms with E-state index in [1.807, 2.05) is 17.0 Å². The summed E-state index contributed by atoms with van der Waals surface area (Å²) in [7, 11) is 0. The molecule has 3 rings (SSSR count).